The monoisotopic (exact) mass is 183 g/mol. The number of hydrogen-bond acceptors (Lipinski definition) is 1. The highest BCUT2D eigenvalue weighted by atomic mass is 16.1. The Morgan fingerprint density at radius 1 is 1.46 bits per heavy atom. The van der Waals surface area contributed by atoms with Crippen molar-refractivity contribution in [2.45, 2.75) is 47.1 Å². The van der Waals surface area contributed by atoms with E-state index >= 15 is 0 Å². The minimum atomic E-state index is 0.0975. The molecule has 0 aromatic rings. The van der Waals surface area contributed by atoms with Gasteiger partial charge in [0, 0.05) is 13.0 Å². The summed E-state index contributed by atoms with van der Waals surface area (Å²) in [5.74, 6) is 1.57. The van der Waals surface area contributed by atoms with Gasteiger partial charge in [-0.25, -0.2) is 0 Å². The van der Waals surface area contributed by atoms with Crippen molar-refractivity contribution in [3.8, 4) is 0 Å². The number of nitrogens with one attached hydrogen (secondary N) is 1. The van der Waals surface area contributed by atoms with Gasteiger partial charge < -0.3 is 5.32 Å². The van der Waals surface area contributed by atoms with Crippen LogP contribution in [-0.4, -0.2) is 11.9 Å². The topological polar surface area (TPSA) is 29.1 Å². The van der Waals surface area contributed by atoms with Gasteiger partial charge >= 0.3 is 0 Å². The highest BCUT2D eigenvalue weighted by Gasteiger charge is 2.49. The fourth-order valence-corrected chi connectivity index (χ4v) is 2.58. The molecule has 0 radical (unpaired) electrons. The molecule has 1 amide bonds. The Balaban J connectivity index is 2.54. The van der Waals surface area contributed by atoms with Crippen LogP contribution >= 0.6 is 0 Å². The van der Waals surface area contributed by atoms with Crippen LogP contribution in [0.25, 0.3) is 0 Å². The molecule has 0 saturated heterocycles. The normalized spacial score (nSPS) is 31.2. The lowest BCUT2D eigenvalue weighted by molar-refractivity contribution is -0.124. The van der Waals surface area contributed by atoms with Crippen molar-refractivity contribution < 1.29 is 4.79 Å². The molecule has 2 heteroatoms. The Morgan fingerprint density at radius 3 is 2.31 bits per heavy atom. The van der Waals surface area contributed by atoms with E-state index < -0.39 is 0 Å². The molecule has 76 valence electrons. The second-order valence-corrected chi connectivity index (χ2v) is 5.16. The van der Waals surface area contributed by atoms with Gasteiger partial charge in [0.1, 0.15) is 0 Å². The molecule has 0 bridgehead atoms. The van der Waals surface area contributed by atoms with Gasteiger partial charge in [-0.05, 0) is 23.7 Å². The Morgan fingerprint density at radius 2 is 2.00 bits per heavy atom. The third-order valence-electron chi connectivity index (χ3n) is 3.53. The molecule has 1 aliphatic carbocycles. The number of amides is 1. The van der Waals surface area contributed by atoms with E-state index in [9.17, 15) is 4.79 Å². The first kappa shape index (κ1) is 10.6. The van der Waals surface area contributed by atoms with Crippen LogP contribution in [0.1, 0.15) is 41.0 Å². The second kappa shape index (κ2) is 3.32. The fourth-order valence-electron chi connectivity index (χ4n) is 2.58. The lowest BCUT2D eigenvalue weighted by atomic mass is 9.55. The number of rotatable bonds is 2. The molecule has 0 heterocycles. The number of carbonyl (C=O) groups excluding carboxylic acids is 1. The quantitative estimate of drug-likeness (QED) is 0.698. The molecule has 2 nitrogen and oxygen atoms in total. The van der Waals surface area contributed by atoms with Crippen LogP contribution in [0.4, 0.5) is 0 Å². The summed E-state index contributed by atoms with van der Waals surface area (Å²) in [5, 5.41) is 3.02. The Kier molecular flexibility index (Phi) is 2.69. The van der Waals surface area contributed by atoms with E-state index in [0.29, 0.717) is 6.04 Å². The number of carbonyl (C=O) groups is 1. The maximum Gasteiger partial charge on any atom is 0.217 e. The van der Waals surface area contributed by atoms with Crippen LogP contribution in [0.5, 0.6) is 0 Å². The average Bonchev–Trinajstić information content (AvgIpc) is 1.96. The fraction of sp³-hybridized carbons (Fsp3) is 0.909. The maximum atomic E-state index is 10.9. The van der Waals surface area contributed by atoms with Gasteiger partial charge in [-0.1, -0.05) is 27.7 Å². The summed E-state index contributed by atoms with van der Waals surface area (Å²) in [6, 6.07) is 0.386. The Labute approximate surface area is 81.1 Å². The summed E-state index contributed by atoms with van der Waals surface area (Å²) in [7, 11) is 0. The van der Waals surface area contributed by atoms with E-state index in [2.05, 4.69) is 33.0 Å². The summed E-state index contributed by atoms with van der Waals surface area (Å²) in [6.07, 6.45) is 1.14. The average molecular weight is 183 g/mol. The summed E-state index contributed by atoms with van der Waals surface area (Å²) < 4.78 is 0. The highest BCUT2D eigenvalue weighted by Crippen LogP contribution is 2.49. The van der Waals surface area contributed by atoms with Gasteiger partial charge in [0.2, 0.25) is 5.91 Å². The molecule has 0 aromatic heterocycles. The molecule has 13 heavy (non-hydrogen) atoms. The van der Waals surface area contributed by atoms with Crippen molar-refractivity contribution in [1.29, 1.82) is 0 Å². The standard InChI is InChI=1S/C11H21NO/c1-7(2)9-6-10(11(9,4)5)12-8(3)13/h7,9-10H,6H2,1-5H3,(H,12,13)/t9-,10-/m0/s1. The van der Waals surface area contributed by atoms with Crippen LogP contribution in [0, 0.1) is 17.3 Å². The minimum absolute atomic E-state index is 0.0975. The van der Waals surface area contributed by atoms with Crippen LogP contribution < -0.4 is 5.32 Å². The van der Waals surface area contributed by atoms with Gasteiger partial charge in [-0.15, -0.1) is 0 Å². The van der Waals surface area contributed by atoms with Crippen LogP contribution in [-0.2, 0) is 4.79 Å². The van der Waals surface area contributed by atoms with E-state index in [1.165, 1.54) is 0 Å². The molecule has 1 N–H and O–H groups in total. The predicted octanol–water partition coefficient (Wildman–Crippen LogP) is 2.19. The van der Waals surface area contributed by atoms with Crippen molar-refractivity contribution >= 4 is 5.91 Å². The van der Waals surface area contributed by atoms with Crippen molar-refractivity contribution in [2.24, 2.45) is 17.3 Å². The van der Waals surface area contributed by atoms with E-state index in [-0.39, 0.29) is 11.3 Å². The van der Waals surface area contributed by atoms with E-state index in [1.807, 2.05) is 0 Å². The SMILES string of the molecule is CC(=O)N[C@H]1C[C@@H](C(C)C)C1(C)C. The first-order valence-electron chi connectivity index (χ1n) is 5.12. The lowest BCUT2D eigenvalue weighted by Crippen LogP contribution is -2.59. The van der Waals surface area contributed by atoms with Crippen molar-refractivity contribution in [1.82, 2.24) is 5.32 Å². The predicted molar refractivity (Wildman–Crippen MR) is 54.3 cm³/mol. The third-order valence-corrected chi connectivity index (χ3v) is 3.53. The van der Waals surface area contributed by atoms with Gasteiger partial charge in [-0.3, -0.25) is 4.79 Å². The molecule has 0 spiro atoms. The third kappa shape index (κ3) is 1.87. The molecule has 0 unspecified atom stereocenters. The summed E-state index contributed by atoms with van der Waals surface area (Å²) >= 11 is 0. The second-order valence-electron chi connectivity index (χ2n) is 5.16. The maximum absolute atomic E-state index is 10.9. The molecular weight excluding hydrogens is 162 g/mol. The van der Waals surface area contributed by atoms with Crippen molar-refractivity contribution in [2.75, 3.05) is 0 Å². The molecule has 1 rings (SSSR count). The van der Waals surface area contributed by atoms with Crippen molar-refractivity contribution in [3.63, 3.8) is 0 Å². The summed E-state index contributed by atoms with van der Waals surface area (Å²) in [5.41, 5.74) is 0.278. The van der Waals surface area contributed by atoms with E-state index in [4.69, 9.17) is 0 Å². The molecule has 0 aromatic carbocycles. The molecule has 1 fully saturated rings. The van der Waals surface area contributed by atoms with Crippen molar-refractivity contribution in [3.05, 3.63) is 0 Å². The Hall–Kier alpha value is -0.530. The summed E-state index contributed by atoms with van der Waals surface area (Å²) in [6.45, 7) is 10.6. The van der Waals surface area contributed by atoms with Crippen LogP contribution in [0.15, 0.2) is 0 Å². The minimum Gasteiger partial charge on any atom is -0.353 e. The summed E-state index contributed by atoms with van der Waals surface area (Å²) in [4.78, 5) is 10.9. The molecule has 0 aliphatic heterocycles. The zero-order chi connectivity index (χ0) is 10.2. The largest absolute Gasteiger partial charge is 0.353 e. The zero-order valence-corrected chi connectivity index (χ0v) is 9.35. The van der Waals surface area contributed by atoms with Gasteiger partial charge in [0.05, 0.1) is 0 Å². The highest BCUT2D eigenvalue weighted by molar-refractivity contribution is 5.73. The first-order chi connectivity index (χ1) is 5.85. The van der Waals surface area contributed by atoms with Gasteiger partial charge in [0.25, 0.3) is 0 Å². The Bertz CT molecular complexity index is 208. The number of hydrogen-bond donors (Lipinski definition) is 1. The van der Waals surface area contributed by atoms with E-state index in [1.54, 1.807) is 6.92 Å². The van der Waals surface area contributed by atoms with Crippen LogP contribution in [0.3, 0.4) is 0 Å². The van der Waals surface area contributed by atoms with Gasteiger partial charge in [-0.2, -0.15) is 0 Å². The first-order valence-corrected chi connectivity index (χ1v) is 5.12. The smallest absolute Gasteiger partial charge is 0.217 e. The lowest BCUT2D eigenvalue weighted by Gasteiger charge is -2.54. The van der Waals surface area contributed by atoms with E-state index in [0.717, 1.165) is 18.3 Å². The molecule has 2 atom stereocenters. The molecular formula is C11H21NO. The molecule has 1 aliphatic rings. The zero-order valence-electron chi connectivity index (χ0n) is 9.35. The van der Waals surface area contributed by atoms with Gasteiger partial charge in [0.15, 0.2) is 0 Å². The molecule has 1 saturated carbocycles. The van der Waals surface area contributed by atoms with Crippen LogP contribution in [0.2, 0.25) is 0 Å².